The van der Waals surface area contributed by atoms with E-state index in [4.69, 9.17) is 0 Å². The van der Waals surface area contributed by atoms with Crippen LogP contribution in [0.15, 0.2) is 58.3 Å². The van der Waals surface area contributed by atoms with Crippen molar-refractivity contribution in [1.29, 1.82) is 0 Å². The summed E-state index contributed by atoms with van der Waals surface area (Å²) >= 11 is 3.80. The van der Waals surface area contributed by atoms with Crippen LogP contribution in [0.5, 0.6) is 0 Å². The van der Waals surface area contributed by atoms with Crippen molar-refractivity contribution in [2.45, 2.75) is 23.6 Å². The van der Waals surface area contributed by atoms with Crippen LogP contribution in [-0.4, -0.2) is 26.0 Å². The summed E-state index contributed by atoms with van der Waals surface area (Å²) in [4.78, 5) is 2.61. The van der Waals surface area contributed by atoms with Crippen LogP contribution < -0.4 is 0 Å². The third kappa shape index (κ3) is 4.22. The van der Waals surface area contributed by atoms with Crippen LogP contribution >= 0.6 is 23.5 Å². The van der Waals surface area contributed by atoms with Crippen molar-refractivity contribution < 1.29 is 8.78 Å². The van der Waals surface area contributed by atoms with Crippen LogP contribution in [0.25, 0.3) is 20.0 Å². The van der Waals surface area contributed by atoms with Gasteiger partial charge in [0.2, 0.25) is 0 Å². The van der Waals surface area contributed by atoms with Crippen LogP contribution in [0.4, 0.5) is 8.78 Å². The predicted molar refractivity (Wildman–Crippen MR) is 107 cm³/mol. The van der Waals surface area contributed by atoms with E-state index >= 15 is 0 Å². The van der Waals surface area contributed by atoms with Crippen molar-refractivity contribution in [1.82, 2.24) is 0 Å². The van der Waals surface area contributed by atoms with E-state index in [-0.39, 0.29) is 26.1 Å². The summed E-state index contributed by atoms with van der Waals surface area (Å²) < 4.78 is 29.3. The fraction of sp³-hybridized carbons (Fsp3) is 0.200. The maximum absolute atomic E-state index is 13.3. The van der Waals surface area contributed by atoms with Crippen molar-refractivity contribution in [3.63, 3.8) is 0 Å². The topological polar surface area (TPSA) is 0 Å². The number of halogens is 2. The van der Waals surface area contributed by atoms with Crippen LogP contribution in [-0.2, 0) is 0 Å². The number of thioether (sulfide) groups is 2. The SMILES string of the molecule is CCSc1c(-c2ccc(F)cc2)[se]c(-c2ccc(F)cc2)c1SCC. The van der Waals surface area contributed by atoms with Crippen LogP contribution in [0, 0.1) is 11.6 Å². The van der Waals surface area contributed by atoms with Crippen molar-refractivity contribution in [2.75, 3.05) is 11.5 Å². The zero-order valence-corrected chi connectivity index (χ0v) is 17.4. The molecule has 0 saturated carbocycles. The molecule has 0 spiro atoms. The normalized spacial score (nSPS) is 11.0. The Hall–Kier alpha value is -1.00. The molecular formula is C20H18F2S2Se. The van der Waals surface area contributed by atoms with E-state index in [1.54, 1.807) is 0 Å². The molecular weight excluding hydrogens is 421 g/mol. The van der Waals surface area contributed by atoms with Gasteiger partial charge in [0.15, 0.2) is 0 Å². The molecule has 0 radical (unpaired) electrons. The monoisotopic (exact) mass is 440 g/mol. The Kier molecular flexibility index (Phi) is 6.45. The summed E-state index contributed by atoms with van der Waals surface area (Å²) in [7, 11) is 0. The first kappa shape index (κ1) is 18.8. The molecule has 2 aromatic carbocycles. The molecule has 25 heavy (non-hydrogen) atoms. The second-order valence-corrected chi connectivity index (χ2v) is 9.99. The van der Waals surface area contributed by atoms with Gasteiger partial charge in [-0.05, 0) is 0 Å². The van der Waals surface area contributed by atoms with E-state index < -0.39 is 0 Å². The van der Waals surface area contributed by atoms with Crippen LogP contribution in [0.1, 0.15) is 13.8 Å². The summed E-state index contributed by atoms with van der Waals surface area (Å²) in [6.07, 6.45) is 0. The van der Waals surface area contributed by atoms with Gasteiger partial charge in [-0.3, -0.25) is 0 Å². The van der Waals surface area contributed by atoms with E-state index in [1.165, 1.54) is 42.9 Å². The van der Waals surface area contributed by atoms with Gasteiger partial charge in [0.1, 0.15) is 0 Å². The van der Waals surface area contributed by atoms with Gasteiger partial charge in [-0.25, -0.2) is 0 Å². The van der Waals surface area contributed by atoms with E-state index in [0.29, 0.717) is 0 Å². The van der Waals surface area contributed by atoms with Crippen molar-refractivity contribution >= 4 is 38.0 Å². The van der Waals surface area contributed by atoms with Gasteiger partial charge >= 0.3 is 162 Å². The zero-order chi connectivity index (χ0) is 17.8. The fourth-order valence-corrected chi connectivity index (χ4v) is 8.21. The fourth-order valence-electron chi connectivity index (χ4n) is 2.53. The number of rotatable bonds is 6. The second kappa shape index (κ2) is 8.59. The molecule has 1 heterocycles. The van der Waals surface area contributed by atoms with Gasteiger partial charge in [0.25, 0.3) is 0 Å². The number of hydrogen-bond donors (Lipinski definition) is 0. The Balaban J connectivity index is 2.18. The summed E-state index contributed by atoms with van der Waals surface area (Å²) in [6, 6.07) is 13.6. The molecule has 3 aromatic rings. The molecule has 0 aliphatic rings. The average molecular weight is 439 g/mol. The molecule has 0 fully saturated rings. The van der Waals surface area contributed by atoms with Crippen molar-refractivity contribution in [3.05, 3.63) is 60.2 Å². The molecule has 5 heteroatoms. The minimum absolute atomic E-state index is 0.116. The molecule has 0 bridgehead atoms. The van der Waals surface area contributed by atoms with Crippen molar-refractivity contribution in [2.24, 2.45) is 0 Å². The summed E-state index contributed by atoms with van der Waals surface area (Å²) in [5.74, 6) is 1.55. The van der Waals surface area contributed by atoms with Crippen LogP contribution in [0.3, 0.4) is 0 Å². The molecule has 0 nitrogen and oxygen atoms in total. The van der Waals surface area contributed by atoms with E-state index in [2.05, 4.69) is 13.8 Å². The molecule has 130 valence electrons. The van der Waals surface area contributed by atoms with Gasteiger partial charge < -0.3 is 0 Å². The molecule has 0 atom stereocenters. The Morgan fingerprint density at radius 2 is 1.04 bits per heavy atom. The Bertz CT molecular complexity index is 769. The first-order valence-electron chi connectivity index (χ1n) is 8.08. The first-order valence-corrected chi connectivity index (χ1v) is 11.8. The van der Waals surface area contributed by atoms with Gasteiger partial charge in [0.05, 0.1) is 0 Å². The zero-order valence-electron chi connectivity index (χ0n) is 14.0. The molecule has 0 aliphatic carbocycles. The minimum atomic E-state index is -0.214. The maximum atomic E-state index is 13.3. The summed E-state index contributed by atoms with van der Waals surface area (Å²) in [6.45, 7) is 4.30. The van der Waals surface area contributed by atoms with E-state index in [0.717, 1.165) is 22.6 Å². The summed E-state index contributed by atoms with van der Waals surface area (Å²) in [5.41, 5.74) is 2.17. The summed E-state index contributed by atoms with van der Waals surface area (Å²) in [5, 5.41) is 0. The molecule has 0 N–H and O–H groups in total. The molecule has 0 saturated heterocycles. The third-order valence-corrected chi connectivity index (χ3v) is 9.00. The predicted octanol–water partition coefficient (Wildman–Crippen LogP) is 6.58. The Morgan fingerprint density at radius 1 is 0.680 bits per heavy atom. The van der Waals surface area contributed by atoms with Gasteiger partial charge in [-0.1, -0.05) is 0 Å². The van der Waals surface area contributed by atoms with E-state index in [9.17, 15) is 8.78 Å². The van der Waals surface area contributed by atoms with Gasteiger partial charge in [0, 0.05) is 0 Å². The van der Waals surface area contributed by atoms with Crippen LogP contribution in [0.2, 0.25) is 0 Å². The number of benzene rings is 2. The quantitative estimate of drug-likeness (QED) is 0.314. The Labute approximate surface area is 161 Å². The van der Waals surface area contributed by atoms with Gasteiger partial charge in [-0.15, -0.1) is 0 Å². The molecule has 0 aliphatic heterocycles. The molecule has 1 aromatic heterocycles. The number of hydrogen-bond acceptors (Lipinski definition) is 2. The Morgan fingerprint density at radius 3 is 1.36 bits per heavy atom. The average Bonchev–Trinajstić information content (AvgIpc) is 2.96. The van der Waals surface area contributed by atoms with Crippen molar-refractivity contribution in [3.8, 4) is 20.0 Å². The third-order valence-electron chi connectivity index (χ3n) is 3.61. The molecule has 3 rings (SSSR count). The second-order valence-electron chi connectivity index (χ2n) is 5.30. The molecule has 0 unspecified atom stereocenters. The first-order chi connectivity index (χ1) is 12.1. The van der Waals surface area contributed by atoms with E-state index in [1.807, 2.05) is 47.8 Å². The standard InChI is InChI=1S/C20H18F2S2Se/c1-3-23-17-18(24-4-2)20(14-7-11-16(22)12-8-14)25-19(17)13-5-9-15(21)10-6-13/h5-12H,3-4H2,1-2H3. The van der Waals surface area contributed by atoms with Gasteiger partial charge in [-0.2, -0.15) is 0 Å². The molecule has 0 amide bonds.